The summed E-state index contributed by atoms with van der Waals surface area (Å²) >= 11 is 1.38. The number of aromatic nitrogens is 3. The normalized spacial score (nSPS) is 22.7. The van der Waals surface area contributed by atoms with Gasteiger partial charge in [-0.15, -0.1) is 10.2 Å². The zero-order valence-electron chi connectivity index (χ0n) is 17.4. The highest BCUT2D eigenvalue weighted by Crippen LogP contribution is 2.30. The zero-order valence-corrected chi connectivity index (χ0v) is 18.2. The Kier molecular flexibility index (Phi) is 6.95. The molecule has 8 heteroatoms. The minimum absolute atomic E-state index is 0.0301. The summed E-state index contributed by atoms with van der Waals surface area (Å²) in [4.78, 5) is 24.1. The first kappa shape index (κ1) is 21.4. The average Bonchev–Trinajstić information content (AvgIpc) is 3.13. The molecule has 0 bridgehead atoms. The van der Waals surface area contributed by atoms with Gasteiger partial charge in [0.1, 0.15) is 6.33 Å². The Hall–Kier alpha value is -2.35. The Balaban J connectivity index is 1.68. The number of rotatable bonds is 6. The van der Waals surface area contributed by atoms with Crippen molar-refractivity contribution in [2.75, 3.05) is 5.32 Å². The van der Waals surface area contributed by atoms with Gasteiger partial charge >= 0.3 is 0 Å². The molecular weight excluding hydrogens is 386 g/mol. The summed E-state index contributed by atoms with van der Waals surface area (Å²) in [5.74, 6) is 1.03. The number of hydrogen-bond acceptors (Lipinski definition) is 5. The van der Waals surface area contributed by atoms with Crippen molar-refractivity contribution in [3.05, 3.63) is 30.6 Å². The number of anilines is 1. The standard InChI is InChI=1S/C21H29N5O2S/c1-13-7-5-10-19(14(13)2)24-20(28)15(3)29-21-25-22-12-26(21)18-9-6-8-17(11-18)23-16(4)27/h6,8-9,11-15,19H,5,7,10H2,1-4H3,(H,23,27)(H,24,28). The molecule has 0 aliphatic heterocycles. The molecule has 4 unspecified atom stereocenters. The third-order valence-electron chi connectivity index (χ3n) is 5.65. The summed E-state index contributed by atoms with van der Waals surface area (Å²) in [7, 11) is 0. The van der Waals surface area contributed by atoms with Crippen LogP contribution in [-0.2, 0) is 9.59 Å². The van der Waals surface area contributed by atoms with Crippen LogP contribution in [0.4, 0.5) is 5.69 Å². The van der Waals surface area contributed by atoms with Gasteiger partial charge in [-0.1, -0.05) is 44.5 Å². The van der Waals surface area contributed by atoms with Gasteiger partial charge in [-0.25, -0.2) is 0 Å². The van der Waals surface area contributed by atoms with E-state index in [9.17, 15) is 9.59 Å². The lowest BCUT2D eigenvalue weighted by Gasteiger charge is -2.35. The fourth-order valence-corrected chi connectivity index (χ4v) is 4.57. The first-order valence-corrected chi connectivity index (χ1v) is 11.0. The average molecular weight is 416 g/mol. The minimum Gasteiger partial charge on any atom is -0.352 e. The molecule has 1 saturated carbocycles. The third-order valence-corrected chi connectivity index (χ3v) is 6.70. The number of hydrogen-bond donors (Lipinski definition) is 2. The predicted octanol–water partition coefficient (Wildman–Crippen LogP) is 3.65. The largest absolute Gasteiger partial charge is 0.352 e. The number of amides is 2. The molecular formula is C21H29N5O2S. The van der Waals surface area contributed by atoms with Crippen molar-refractivity contribution < 1.29 is 9.59 Å². The summed E-state index contributed by atoms with van der Waals surface area (Å²) in [5, 5.41) is 14.6. The molecule has 1 heterocycles. The quantitative estimate of drug-likeness (QED) is 0.703. The van der Waals surface area contributed by atoms with Crippen LogP contribution in [-0.4, -0.2) is 37.9 Å². The highest BCUT2D eigenvalue weighted by Gasteiger charge is 2.29. The summed E-state index contributed by atoms with van der Waals surface area (Å²) in [6, 6.07) is 7.68. The van der Waals surface area contributed by atoms with E-state index in [2.05, 4.69) is 34.7 Å². The molecule has 1 fully saturated rings. The van der Waals surface area contributed by atoms with Crippen molar-refractivity contribution in [1.82, 2.24) is 20.1 Å². The van der Waals surface area contributed by atoms with Crippen LogP contribution in [0.25, 0.3) is 5.69 Å². The van der Waals surface area contributed by atoms with Crippen LogP contribution < -0.4 is 10.6 Å². The zero-order chi connectivity index (χ0) is 21.0. The van der Waals surface area contributed by atoms with Crippen LogP contribution in [0.3, 0.4) is 0 Å². The van der Waals surface area contributed by atoms with Crippen molar-refractivity contribution in [1.29, 1.82) is 0 Å². The monoisotopic (exact) mass is 415 g/mol. The Labute approximate surface area is 176 Å². The van der Waals surface area contributed by atoms with Crippen LogP contribution >= 0.6 is 11.8 Å². The molecule has 2 N–H and O–H groups in total. The second-order valence-corrected chi connectivity index (χ2v) is 9.17. The fourth-order valence-electron chi connectivity index (χ4n) is 3.72. The summed E-state index contributed by atoms with van der Waals surface area (Å²) in [6.45, 7) is 7.86. The number of nitrogens with one attached hydrogen (secondary N) is 2. The summed E-state index contributed by atoms with van der Waals surface area (Å²) in [5.41, 5.74) is 1.52. The summed E-state index contributed by atoms with van der Waals surface area (Å²) in [6.07, 6.45) is 5.06. The Morgan fingerprint density at radius 2 is 2.07 bits per heavy atom. The van der Waals surface area contributed by atoms with Crippen LogP contribution in [0.15, 0.2) is 35.7 Å². The SMILES string of the molecule is CC(=O)Nc1cccc(-n2cnnc2SC(C)C(=O)NC2CCCC(C)C2C)c1. The van der Waals surface area contributed by atoms with Gasteiger partial charge in [-0.2, -0.15) is 0 Å². The molecule has 7 nitrogen and oxygen atoms in total. The van der Waals surface area contributed by atoms with Gasteiger partial charge in [0.25, 0.3) is 0 Å². The molecule has 1 aliphatic rings. The van der Waals surface area contributed by atoms with Gasteiger partial charge < -0.3 is 10.6 Å². The molecule has 0 radical (unpaired) electrons. The van der Waals surface area contributed by atoms with Crippen LogP contribution in [0.1, 0.15) is 47.0 Å². The van der Waals surface area contributed by atoms with E-state index in [4.69, 9.17) is 0 Å². The van der Waals surface area contributed by atoms with Gasteiger partial charge in [-0.3, -0.25) is 14.2 Å². The topological polar surface area (TPSA) is 88.9 Å². The van der Waals surface area contributed by atoms with E-state index in [0.29, 0.717) is 22.7 Å². The molecule has 1 aromatic carbocycles. The Morgan fingerprint density at radius 3 is 2.83 bits per heavy atom. The highest BCUT2D eigenvalue weighted by molar-refractivity contribution is 8.00. The van der Waals surface area contributed by atoms with Gasteiger partial charge in [-0.05, 0) is 43.4 Å². The molecule has 4 atom stereocenters. The fraction of sp³-hybridized carbons (Fsp3) is 0.524. The molecule has 156 valence electrons. The van der Waals surface area contributed by atoms with E-state index in [0.717, 1.165) is 18.5 Å². The maximum absolute atomic E-state index is 12.8. The van der Waals surface area contributed by atoms with Crippen LogP contribution in [0, 0.1) is 11.8 Å². The smallest absolute Gasteiger partial charge is 0.233 e. The molecule has 3 rings (SSSR count). The van der Waals surface area contributed by atoms with Crippen LogP contribution in [0.2, 0.25) is 0 Å². The molecule has 29 heavy (non-hydrogen) atoms. The lowest BCUT2D eigenvalue weighted by atomic mass is 9.78. The third kappa shape index (κ3) is 5.38. The van der Waals surface area contributed by atoms with Crippen molar-refractivity contribution >= 4 is 29.3 Å². The molecule has 1 aliphatic carbocycles. The molecule has 0 saturated heterocycles. The first-order chi connectivity index (χ1) is 13.8. The molecule has 2 aromatic rings. The first-order valence-electron chi connectivity index (χ1n) is 10.1. The Bertz CT molecular complexity index is 868. The number of benzene rings is 1. The van der Waals surface area contributed by atoms with E-state index >= 15 is 0 Å². The minimum atomic E-state index is -0.291. The van der Waals surface area contributed by atoms with E-state index in [-0.39, 0.29) is 23.1 Å². The number of carbonyl (C=O) groups excluding carboxylic acids is 2. The molecule has 0 spiro atoms. The van der Waals surface area contributed by atoms with Crippen LogP contribution in [0.5, 0.6) is 0 Å². The second kappa shape index (κ2) is 9.43. The summed E-state index contributed by atoms with van der Waals surface area (Å²) < 4.78 is 1.82. The van der Waals surface area contributed by atoms with Crippen molar-refractivity contribution in [2.24, 2.45) is 11.8 Å². The van der Waals surface area contributed by atoms with Gasteiger partial charge in [0.15, 0.2) is 5.16 Å². The van der Waals surface area contributed by atoms with Gasteiger partial charge in [0.2, 0.25) is 11.8 Å². The van der Waals surface area contributed by atoms with E-state index in [1.807, 2.05) is 35.8 Å². The second-order valence-electron chi connectivity index (χ2n) is 7.86. The number of carbonyl (C=O) groups is 2. The van der Waals surface area contributed by atoms with Crippen molar-refractivity contribution in [3.63, 3.8) is 0 Å². The van der Waals surface area contributed by atoms with Gasteiger partial charge in [0.05, 0.1) is 10.9 Å². The molecule has 2 amide bonds. The van der Waals surface area contributed by atoms with E-state index in [1.165, 1.54) is 25.1 Å². The Morgan fingerprint density at radius 1 is 1.28 bits per heavy atom. The van der Waals surface area contributed by atoms with E-state index < -0.39 is 0 Å². The maximum atomic E-state index is 12.8. The van der Waals surface area contributed by atoms with E-state index in [1.54, 1.807) is 6.33 Å². The van der Waals surface area contributed by atoms with Crippen molar-refractivity contribution in [3.8, 4) is 5.69 Å². The number of thioether (sulfide) groups is 1. The van der Waals surface area contributed by atoms with Gasteiger partial charge in [0, 0.05) is 18.7 Å². The lowest BCUT2D eigenvalue weighted by molar-refractivity contribution is -0.121. The highest BCUT2D eigenvalue weighted by atomic mass is 32.2. The lowest BCUT2D eigenvalue weighted by Crippen LogP contribution is -2.46. The number of nitrogens with zero attached hydrogens (tertiary/aromatic N) is 3. The maximum Gasteiger partial charge on any atom is 0.233 e. The van der Waals surface area contributed by atoms with Crippen molar-refractivity contribution in [2.45, 2.75) is 63.4 Å². The molecule has 1 aromatic heterocycles. The predicted molar refractivity (Wildman–Crippen MR) is 115 cm³/mol.